The van der Waals surface area contributed by atoms with Crippen LogP contribution in [0.1, 0.15) is 10.4 Å². The number of halogens is 2. The average molecular weight is 285 g/mol. The Morgan fingerprint density at radius 1 is 1.60 bits per heavy atom. The molecule has 1 aromatic heterocycles. The second-order valence-electron chi connectivity index (χ2n) is 1.60. The van der Waals surface area contributed by atoms with Gasteiger partial charge in [0, 0.05) is 0 Å². The minimum atomic E-state index is -0.408. The summed E-state index contributed by atoms with van der Waals surface area (Å²) in [6.45, 7) is 0. The van der Waals surface area contributed by atoms with Crippen LogP contribution in [0.5, 0.6) is 0 Å². The Labute approximate surface area is 78.7 Å². The molecule has 1 rings (SSSR count). The molecule has 0 aliphatic heterocycles. The van der Waals surface area contributed by atoms with Crippen molar-refractivity contribution in [2.24, 2.45) is 5.73 Å². The standard InChI is InChI=1S/C5H3Br2NOS/c6-3-1-2(5(8)9)4(7)10-3/h1H,(H2,8,9). The maximum atomic E-state index is 10.6. The predicted octanol–water partition coefficient (Wildman–Crippen LogP) is 2.37. The molecule has 0 atom stereocenters. The van der Waals surface area contributed by atoms with Crippen molar-refractivity contribution < 1.29 is 4.79 Å². The molecule has 0 spiro atoms. The van der Waals surface area contributed by atoms with E-state index < -0.39 is 5.91 Å². The van der Waals surface area contributed by atoms with Crippen LogP contribution in [0.4, 0.5) is 0 Å². The number of amides is 1. The molecule has 0 fully saturated rings. The van der Waals surface area contributed by atoms with E-state index in [1.165, 1.54) is 11.3 Å². The van der Waals surface area contributed by atoms with Crippen molar-refractivity contribution in [2.75, 3.05) is 0 Å². The van der Waals surface area contributed by atoms with E-state index in [1.54, 1.807) is 6.07 Å². The lowest BCUT2D eigenvalue weighted by molar-refractivity contribution is 0.1000. The van der Waals surface area contributed by atoms with Gasteiger partial charge in [0.2, 0.25) is 0 Å². The summed E-state index contributed by atoms with van der Waals surface area (Å²) in [7, 11) is 0. The fourth-order valence-corrected chi connectivity index (χ4v) is 3.32. The highest BCUT2D eigenvalue weighted by Gasteiger charge is 2.08. The molecule has 1 heterocycles. The van der Waals surface area contributed by atoms with Crippen molar-refractivity contribution in [3.63, 3.8) is 0 Å². The summed E-state index contributed by atoms with van der Waals surface area (Å²) in [6.07, 6.45) is 0. The molecule has 5 heteroatoms. The van der Waals surface area contributed by atoms with E-state index in [1.807, 2.05) is 0 Å². The second-order valence-corrected chi connectivity index (χ2v) is 5.35. The van der Waals surface area contributed by atoms with Crippen molar-refractivity contribution >= 4 is 49.1 Å². The van der Waals surface area contributed by atoms with Gasteiger partial charge >= 0.3 is 0 Å². The first-order valence-electron chi connectivity index (χ1n) is 2.36. The first-order chi connectivity index (χ1) is 4.61. The Hall–Kier alpha value is 0.130. The van der Waals surface area contributed by atoms with Gasteiger partial charge in [-0.25, -0.2) is 0 Å². The lowest BCUT2D eigenvalue weighted by atomic mass is 10.3. The molecule has 0 bridgehead atoms. The van der Waals surface area contributed by atoms with Crippen molar-refractivity contribution in [1.82, 2.24) is 0 Å². The smallest absolute Gasteiger partial charge is 0.250 e. The van der Waals surface area contributed by atoms with Gasteiger partial charge < -0.3 is 5.73 Å². The third kappa shape index (κ3) is 1.59. The summed E-state index contributed by atoms with van der Waals surface area (Å²) in [4.78, 5) is 10.6. The van der Waals surface area contributed by atoms with E-state index in [2.05, 4.69) is 31.9 Å². The summed E-state index contributed by atoms with van der Waals surface area (Å²) in [5.41, 5.74) is 5.57. The zero-order valence-electron chi connectivity index (χ0n) is 4.73. The minimum absolute atomic E-state index is 0.408. The van der Waals surface area contributed by atoms with Crippen molar-refractivity contribution in [2.45, 2.75) is 0 Å². The van der Waals surface area contributed by atoms with E-state index in [9.17, 15) is 4.79 Å². The second kappa shape index (κ2) is 3.02. The van der Waals surface area contributed by atoms with Crippen LogP contribution in [0.2, 0.25) is 0 Å². The van der Waals surface area contributed by atoms with Crippen LogP contribution in [0.15, 0.2) is 13.6 Å². The fraction of sp³-hybridized carbons (Fsp3) is 0. The van der Waals surface area contributed by atoms with Crippen LogP contribution in [-0.2, 0) is 0 Å². The Morgan fingerprint density at radius 2 is 2.20 bits per heavy atom. The predicted molar refractivity (Wildman–Crippen MR) is 48.2 cm³/mol. The number of thiophene rings is 1. The Bertz CT molecular complexity index is 271. The molecule has 0 radical (unpaired) electrons. The Morgan fingerprint density at radius 3 is 2.40 bits per heavy atom. The van der Waals surface area contributed by atoms with Gasteiger partial charge in [0.25, 0.3) is 5.91 Å². The maximum absolute atomic E-state index is 10.6. The first kappa shape index (κ1) is 8.23. The molecule has 0 unspecified atom stereocenters. The lowest BCUT2D eigenvalue weighted by Crippen LogP contribution is -2.09. The third-order valence-electron chi connectivity index (χ3n) is 0.922. The number of rotatable bonds is 1. The van der Waals surface area contributed by atoms with Crippen LogP contribution in [0.25, 0.3) is 0 Å². The summed E-state index contributed by atoms with van der Waals surface area (Å²) in [5.74, 6) is -0.408. The van der Waals surface area contributed by atoms with Gasteiger partial charge in [-0.2, -0.15) is 0 Å². The molecule has 0 saturated carbocycles. The van der Waals surface area contributed by atoms with Gasteiger partial charge in [-0.05, 0) is 37.9 Å². The van der Waals surface area contributed by atoms with Gasteiger partial charge in [-0.15, -0.1) is 11.3 Å². The minimum Gasteiger partial charge on any atom is -0.366 e. The SMILES string of the molecule is NC(=O)c1cc(Br)sc1Br. The maximum Gasteiger partial charge on any atom is 0.250 e. The topological polar surface area (TPSA) is 43.1 Å². The monoisotopic (exact) mass is 283 g/mol. The lowest BCUT2D eigenvalue weighted by Gasteiger charge is -1.86. The highest BCUT2D eigenvalue weighted by molar-refractivity contribution is 9.12. The van der Waals surface area contributed by atoms with E-state index in [0.29, 0.717) is 5.56 Å². The summed E-state index contributed by atoms with van der Waals surface area (Å²) >= 11 is 7.87. The highest BCUT2D eigenvalue weighted by Crippen LogP contribution is 2.31. The quantitative estimate of drug-likeness (QED) is 0.845. The van der Waals surface area contributed by atoms with Crippen LogP contribution in [-0.4, -0.2) is 5.91 Å². The van der Waals surface area contributed by atoms with Crippen LogP contribution < -0.4 is 5.73 Å². The molecule has 10 heavy (non-hydrogen) atoms. The first-order valence-corrected chi connectivity index (χ1v) is 4.76. The van der Waals surface area contributed by atoms with Crippen molar-refractivity contribution in [1.29, 1.82) is 0 Å². The normalized spacial score (nSPS) is 9.80. The van der Waals surface area contributed by atoms with Gasteiger partial charge in [0.1, 0.15) is 0 Å². The molecular formula is C5H3Br2NOS. The Kier molecular flexibility index (Phi) is 2.49. The number of hydrogen-bond donors (Lipinski definition) is 1. The number of hydrogen-bond acceptors (Lipinski definition) is 2. The molecular weight excluding hydrogens is 282 g/mol. The van der Waals surface area contributed by atoms with Gasteiger partial charge in [0.15, 0.2) is 0 Å². The van der Waals surface area contributed by atoms with Crippen LogP contribution in [0.3, 0.4) is 0 Å². The van der Waals surface area contributed by atoms with Gasteiger partial charge in [0.05, 0.1) is 13.1 Å². The van der Waals surface area contributed by atoms with E-state index in [-0.39, 0.29) is 0 Å². The molecule has 0 aliphatic rings. The number of nitrogens with two attached hydrogens (primary N) is 1. The Balaban J connectivity index is 3.15. The molecule has 0 aliphatic carbocycles. The van der Waals surface area contributed by atoms with E-state index in [0.717, 1.165) is 7.57 Å². The summed E-state index contributed by atoms with van der Waals surface area (Å²) < 4.78 is 1.67. The molecule has 2 nitrogen and oxygen atoms in total. The highest BCUT2D eigenvalue weighted by atomic mass is 79.9. The number of primary amides is 1. The van der Waals surface area contributed by atoms with Crippen LogP contribution in [0, 0.1) is 0 Å². The molecule has 0 saturated heterocycles. The fourth-order valence-electron chi connectivity index (χ4n) is 0.508. The summed E-state index contributed by atoms with van der Waals surface area (Å²) in [6, 6.07) is 1.69. The molecule has 1 aromatic rings. The summed E-state index contributed by atoms with van der Waals surface area (Å²) in [5, 5.41) is 0. The third-order valence-corrected chi connectivity index (χ3v) is 3.26. The molecule has 0 aromatic carbocycles. The van der Waals surface area contributed by atoms with Crippen LogP contribution >= 0.6 is 43.2 Å². The molecule has 54 valence electrons. The van der Waals surface area contributed by atoms with Crippen molar-refractivity contribution in [3.05, 3.63) is 19.2 Å². The van der Waals surface area contributed by atoms with E-state index in [4.69, 9.17) is 5.73 Å². The largest absolute Gasteiger partial charge is 0.366 e. The van der Waals surface area contributed by atoms with E-state index >= 15 is 0 Å². The molecule has 2 N–H and O–H groups in total. The number of carbonyl (C=O) groups excluding carboxylic acids is 1. The molecule has 1 amide bonds. The zero-order chi connectivity index (χ0) is 7.72. The van der Waals surface area contributed by atoms with Gasteiger partial charge in [-0.3, -0.25) is 4.79 Å². The average Bonchev–Trinajstić information content (AvgIpc) is 2.10. The number of carbonyl (C=O) groups is 1. The zero-order valence-corrected chi connectivity index (χ0v) is 8.72. The van der Waals surface area contributed by atoms with Gasteiger partial charge in [-0.1, -0.05) is 0 Å². The van der Waals surface area contributed by atoms with Crippen molar-refractivity contribution in [3.8, 4) is 0 Å².